The zero-order valence-electron chi connectivity index (χ0n) is 16.1. The minimum Gasteiger partial charge on any atom is -0.267 e. The highest BCUT2D eigenvalue weighted by Gasteiger charge is 2.14. The van der Waals surface area contributed by atoms with Crippen LogP contribution >= 0.6 is 0 Å². The number of amides is 2. The summed E-state index contributed by atoms with van der Waals surface area (Å²) >= 11 is 0. The molecular weight excluding hydrogens is 400 g/mol. The number of pyridine rings is 1. The van der Waals surface area contributed by atoms with Crippen LogP contribution in [0.15, 0.2) is 73.1 Å². The fourth-order valence-corrected chi connectivity index (χ4v) is 2.99. The first-order valence-corrected chi connectivity index (χ1v) is 9.22. The number of hydrazine groups is 1. The third-order valence-electron chi connectivity index (χ3n) is 4.52. The highest BCUT2D eigenvalue weighted by atomic mass is 16.6. The molecule has 0 fully saturated rings. The summed E-state index contributed by atoms with van der Waals surface area (Å²) < 4.78 is 1.73. The largest absolute Gasteiger partial charge is 0.271 e. The van der Waals surface area contributed by atoms with Crippen LogP contribution in [0.2, 0.25) is 0 Å². The second-order valence-corrected chi connectivity index (χ2v) is 6.64. The number of carbonyl (C=O) groups excluding carboxylic acids is 2. The molecule has 4 aromatic rings. The molecule has 0 aliphatic carbocycles. The number of nitro groups is 1. The Hall–Kier alpha value is -4.60. The summed E-state index contributed by atoms with van der Waals surface area (Å²) in [5.74, 6) is -1.26. The van der Waals surface area contributed by atoms with Crippen LogP contribution in [0.4, 0.5) is 5.69 Å². The van der Waals surface area contributed by atoms with Gasteiger partial charge in [-0.15, -0.1) is 0 Å². The molecule has 0 saturated heterocycles. The third kappa shape index (κ3) is 4.37. The highest BCUT2D eigenvalue weighted by molar-refractivity contribution is 6.00. The number of hydrogen-bond acceptors (Lipinski definition) is 6. The predicted molar refractivity (Wildman–Crippen MR) is 111 cm³/mol. The smallest absolute Gasteiger partial charge is 0.267 e. The first kappa shape index (κ1) is 19.7. The molecule has 2 aromatic carbocycles. The first-order valence-electron chi connectivity index (χ1n) is 9.22. The van der Waals surface area contributed by atoms with E-state index in [-0.39, 0.29) is 16.8 Å². The normalized spacial score (nSPS) is 10.6. The van der Waals surface area contributed by atoms with Crippen molar-refractivity contribution in [3.63, 3.8) is 0 Å². The van der Waals surface area contributed by atoms with Crippen molar-refractivity contribution in [2.24, 2.45) is 0 Å². The first-order chi connectivity index (χ1) is 15.0. The number of rotatable bonds is 5. The Labute approximate surface area is 175 Å². The average Bonchev–Trinajstić information content (AvgIpc) is 3.20. The number of hydrogen-bond donors (Lipinski definition) is 2. The van der Waals surface area contributed by atoms with Crippen LogP contribution in [0.5, 0.6) is 0 Å². The Morgan fingerprint density at radius 2 is 1.68 bits per heavy atom. The monoisotopic (exact) mass is 416 g/mol. The molecule has 0 unspecified atom stereocenters. The Morgan fingerprint density at radius 3 is 2.42 bits per heavy atom. The van der Waals surface area contributed by atoms with E-state index in [1.165, 1.54) is 24.4 Å². The number of non-ortho nitro benzene ring substituents is 1. The summed E-state index contributed by atoms with van der Waals surface area (Å²) in [5, 5.41) is 15.8. The Morgan fingerprint density at radius 1 is 0.935 bits per heavy atom. The van der Waals surface area contributed by atoms with E-state index in [4.69, 9.17) is 0 Å². The summed E-state index contributed by atoms with van der Waals surface area (Å²) in [6.07, 6.45) is 3.00. The number of nitrogens with one attached hydrogen (secondary N) is 2. The molecule has 10 nitrogen and oxygen atoms in total. The maximum Gasteiger partial charge on any atom is 0.271 e. The van der Waals surface area contributed by atoms with E-state index < -0.39 is 16.7 Å². The van der Waals surface area contributed by atoms with Gasteiger partial charge in [0.2, 0.25) is 0 Å². The molecule has 0 bridgehead atoms. The molecule has 31 heavy (non-hydrogen) atoms. The third-order valence-corrected chi connectivity index (χ3v) is 4.52. The zero-order valence-corrected chi connectivity index (χ0v) is 16.1. The van der Waals surface area contributed by atoms with Gasteiger partial charge in [-0.1, -0.05) is 36.4 Å². The summed E-state index contributed by atoms with van der Waals surface area (Å²) in [6, 6.07) is 16.6. The number of fused-ring (bicyclic) bond motifs is 1. The summed E-state index contributed by atoms with van der Waals surface area (Å²) in [5.41, 5.74) is 6.27. The highest BCUT2D eigenvalue weighted by Crippen LogP contribution is 2.15. The fourth-order valence-electron chi connectivity index (χ4n) is 2.99. The van der Waals surface area contributed by atoms with Crippen molar-refractivity contribution in [1.29, 1.82) is 0 Å². The van der Waals surface area contributed by atoms with Gasteiger partial charge in [-0.25, -0.2) is 9.67 Å². The number of aromatic nitrogens is 3. The minimum absolute atomic E-state index is 0.0465. The SMILES string of the molecule is O=C(NNC(=O)c1cnc2c(cnn2Cc2ccccc2)c1)c1cccc([N+](=O)[O-])c1. The number of nitro benzene ring substituents is 1. The van der Waals surface area contributed by atoms with Gasteiger partial charge in [0.05, 0.1) is 23.2 Å². The van der Waals surface area contributed by atoms with E-state index in [1.807, 2.05) is 30.3 Å². The van der Waals surface area contributed by atoms with Gasteiger partial charge >= 0.3 is 0 Å². The lowest BCUT2D eigenvalue weighted by Crippen LogP contribution is -2.41. The molecule has 2 N–H and O–H groups in total. The zero-order chi connectivity index (χ0) is 21.8. The van der Waals surface area contributed by atoms with Crippen LogP contribution < -0.4 is 10.9 Å². The maximum atomic E-state index is 12.4. The van der Waals surface area contributed by atoms with Gasteiger partial charge in [-0.05, 0) is 17.7 Å². The molecule has 10 heteroatoms. The lowest BCUT2D eigenvalue weighted by atomic mass is 10.2. The quantitative estimate of drug-likeness (QED) is 0.379. The Kier molecular flexibility index (Phi) is 5.35. The van der Waals surface area contributed by atoms with Crippen molar-refractivity contribution in [1.82, 2.24) is 25.6 Å². The Bertz CT molecular complexity index is 1290. The molecule has 4 rings (SSSR count). The summed E-state index contributed by atoms with van der Waals surface area (Å²) in [4.78, 5) is 39.1. The average molecular weight is 416 g/mol. The standard InChI is InChI=1S/C21H16N6O4/c28-20(15-7-4-8-18(10-15)27(30)31)24-25-21(29)17-9-16-12-23-26(19(16)22-11-17)13-14-5-2-1-3-6-14/h1-12H,13H2,(H,24,28)(H,25,29). The van der Waals surface area contributed by atoms with Crippen molar-refractivity contribution in [3.05, 3.63) is 99.9 Å². The van der Waals surface area contributed by atoms with Crippen LogP contribution in [0.1, 0.15) is 26.3 Å². The van der Waals surface area contributed by atoms with Crippen molar-refractivity contribution in [2.75, 3.05) is 0 Å². The predicted octanol–water partition coefficient (Wildman–Crippen LogP) is 2.46. The topological polar surface area (TPSA) is 132 Å². The molecule has 2 amide bonds. The number of carbonyl (C=O) groups is 2. The molecule has 0 radical (unpaired) electrons. The van der Waals surface area contributed by atoms with Gasteiger partial charge < -0.3 is 0 Å². The van der Waals surface area contributed by atoms with Crippen LogP contribution in [0.3, 0.4) is 0 Å². The molecule has 2 heterocycles. The molecule has 0 saturated carbocycles. The van der Waals surface area contributed by atoms with Gasteiger partial charge in [0.1, 0.15) is 0 Å². The lowest BCUT2D eigenvalue weighted by Gasteiger charge is -2.08. The van der Waals surface area contributed by atoms with Crippen molar-refractivity contribution in [2.45, 2.75) is 6.54 Å². The van der Waals surface area contributed by atoms with Gasteiger partial charge in [0.25, 0.3) is 17.5 Å². The van der Waals surface area contributed by atoms with Crippen molar-refractivity contribution >= 4 is 28.5 Å². The Balaban J connectivity index is 1.44. The van der Waals surface area contributed by atoms with Crippen LogP contribution in [-0.4, -0.2) is 31.5 Å². The van der Waals surface area contributed by atoms with Crippen LogP contribution in [0.25, 0.3) is 11.0 Å². The summed E-state index contributed by atoms with van der Waals surface area (Å²) in [6.45, 7) is 0.544. The van der Waals surface area contributed by atoms with E-state index in [9.17, 15) is 19.7 Å². The van der Waals surface area contributed by atoms with Crippen molar-refractivity contribution in [3.8, 4) is 0 Å². The molecule has 0 atom stereocenters. The second-order valence-electron chi connectivity index (χ2n) is 6.64. The van der Waals surface area contributed by atoms with E-state index in [0.717, 1.165) is 11.6 Å². The molecule has 0 aliphatic heterocycles. The van der Waals surface area contributed by atoms with Gasteiger partial charge in [0, 0.05) is 29.3 Å². The van der Waals surface area contributed by atoms with E-state index in [2.05, 4.69) is 20.9 Å². The van der Waals surface area contributed by atoms with Crippen molar-refractivity contribution < 1.29 is 14.5 Å². The molecule has 0 spiro atoms. The van der Waals surface area contributed by atoms with Gasteiger partial charge in [0.15, 0.2) is 5.65 Å². The maximum absolute atomic E-state index is 12.4. The number of nitrogens with zero attached hydrogens (tertiary/aromatic N) is 4. The van der Waals surface area contributed by atoms with Gasteiger partial charge in [-0.3, -0.25) is 30.6 Å². The second kappa shape index (κ2) is 8.41. The minimum atomic E-state index is -0.679. The summed E-state index contributed by atoms with van der Waals surface area (Å²) in [7, 11) is 0. The van der Waals surface area contributed by atoms with E-state index in [0.29, 0.717) is 17.6 Å². The number of benzene rings is 2. The van der Waals surface area contributed by atoms with E-state index >= 15 is 0 Å². The molecular formula is C21H16N6O4. The fraction of sp³-hybridized carbons (Fsp3) is 0.0476. The lowest BCUT2D eigenvalue weighted by molar-refractivity contribution is -0.384. The van der Waals surface area contributed by atoms with Gasteiger partial charge in [-0.2, -0.15) is 5.10 Å². The van der Waals surface area contributed by atoms with Crippen LogP contribution in [-0.2, 0) is 6.54 Å². The molecule has 154 valence electrons. The molecule has 2 aromatic heterocycles. The van der Waals surface area contributed by atoms with Crippen LogP contribution in [0, 0.1) is 10.1 Å². The molecule has 0 aliphatic rings. The van der Waals surface area contributed by atoms with E-state index in [1.54, 1.807) is 16.9 Å².